The van der Waals surface area contributed by atoms with Crippen LogP contribution in [0.4, 0.5) is 33.8 Å². The summed E-state index contributed by atoms with van der Waals surface area (Å²) in [6, 6.07) is 4.03. The van der Waals surface area contributed by atoms with Crippen LogP contribution in [0.15, 0.2) is 56.2 Å². The fourth-order valence-electron chi connectivity index (χ4n) is 3.97. The second-order valence-corrected chi connectivity index (χ2v) is 12.6. The molecule has 0 saturated carbocycles. The quantitative estimate of drug-likeness (QED) is 0.0636. The Labute approximate surface area is 331 Å². The molecule has 0 bridgehead atoms. The first-order valence-electron chi connectivity index (χ1n) is 10.8. The Bertz CT molecular complexity index is 2190. The van der Waals surface area contributed by atoms with Crippen molar-refractivity contribution in [2.45, 2.75) is 14.7 Å². The molecule has 0 unspecified atom stereocenters. The van der Waals surface area contributed by atoms with Crippen molar-refractivity contribution >= 4 is 87.7 Å². The minimum absolute atomic E-state index is 0. The number of primary amides is 1. The number of nitrogens with zero attached hydrogens (tertiary/aromatic N) is 4. The zero-order chi connectivity index (χ0) is 32.1. The number of hydrogen-bond donors (Lipinski definition) is 5. The van der Waals surface area contributed by atoms with Gasteiger partial charge in [-0.05, 0) is 47.3 Å². The van der Waals surface area contributed by atoms with Gasteiger partial charge in [0.25, 0.3) is 0 Å². The Morgan fingerprint density at radius 2 is 1.43 bits per heavy atom. The third-order valence-corrected chi connectivity index (χ3v) is 8.29. The maximum absolute atomic E-state index is 12.3. The maximum Gasteiger partial charge on any atom is 1.00 e. The van der Waals surface area contributed by atoms with Gasteiger partial charge >= 0.3 is 94.7 Å². The van der Waals surface area contributed by atoms with Crippen molar-refractivity contribution in [2.75, 3.05) is 16.4 Å². The number of benzene rings is 3. The Morgan fingerprint density at radius 1 is 0.848 bits per heavy atom. The molecule has 0 aliphatic carbocycles. The number of carbonyl (C=O) groups is 1. The van der Waals surface area contributed by atoms with E-state index in [0.717, 1.165) is 12.1 Å². The molecular formula is C20H13ClN9Na3O10S3. The summed E-state index contributed by atoms with van der Waals surface area (Å²) in [5.74, 6) is -0.420. The molecule has 1 aromatic heterocycles. The van der Waals surface area contributed by atoms with E-state index in [0.29, 0.717) is 18.2 Å². The molecule has 0 saturated heterocycles. The normalized spacial score (nSPS) is 11.4. The van der Waals surface area contributed by atoms with E-state index in [1.54, 1.807) is 0 Å². The number of amides is 2. The summed E-state index contributed by atoms with van der Waals surface area (Å²) in [6.07, 6.45) is 0. The predicted octanol–water partition coefficient (Wildman–Crippen LogP) is -7.45. The van der Waals surface area contributed by atoms with E-state index in [-0.39, 0.29) is 123 Å². The van der Waals surface area contributed by atoms with E-state index in [1.165, 1.54) is 6.07 Å². The van der Waals surface area contributed by atoms with E-state index in [4.69, 9.17) is 28.6 Å². The van der Waals surface area contributed by atoms with E-state index < -0.39 is 73.1 Å². The van der Waals surface area contributed by atoms with Gasteiger partial charge in [0.15, 0.2) is 0 Å². The SMILES string of the molecule is N=Nc1c(S(=O)(=O)[O-])cc2cc(S(=O)(=O)[O-])c(-c3ccc(Nc4nc(N)nc(Cl)n4)cc3NC(N)=O)cc2c1S(=O)(=O)[O-].[Na+].[Na+].[Na+]. The Kier molecular flexibility index (Phi) is 14.5. The van der Waals surface area contributed by atoms with Crippen molar-refractivity contribution in [3.05, 3.63) is 41.7 Å². The standard InChI is InChI=1S/C20H16ClN9O10S3.3Na/c21-17-27-18(22)29-20(28-17)25-8-1-2-9(12(5-8)26-19(23)31)11-6-10-7(3-13(11)41(32,33)34)4-14(42(35,36)37)15(30-24)16(10)43(38,39)40;;;/h1-6,24H,(H3,23,26,31)(H,32,33,34)(H,35,36,37)(H,38,39,40)(H3,22,25,27,28,29);;;/q;3*+1/p-3. The first-order valence-corrected chi connectivity index (χ1v) is 15.4. The monoisotopic (exact) mass is 739 g/mol. The summed E-state index contributed by atoms with van der Waals surface area (Å²) in [5, 5.41) is 5.96. The van der Waals surface area contributed by atoms with Gasteiger partial charge in [-0.2, -0.15) is 20.1 Å². The summed E-state index contributed by atoms with van der Waals surface area (Å²) >= 11 is 5.75. The molecule has 0 atom stereocenters. The molecule has 226 valence electrons. The predicted molar refractivity (Wildman–Crippen MR) is 144 cm³/mol. The van der Waals surface area contributed by atoms with Crippen LogP contribution in [0.25, 0.3) is 21.9 Å². The molecule has 3 aromatic carbocycles. The van der Waals surface area contributed by atoms with Gasteiger partial charge in [0, 0.05) is 22.2 Å². The molecule has 0 aliphatic rings. The van der Waals surface area contributed by atoms with E-state index in [9.17, 15) is 43.7 Å². The zero-order valence-electron chi connectivity index (χ0n) is 23.6. The fourth-order valence-corrected chi connectivity index (χ4v) is 6.41. The molecule has 1 heterocycles. The van der Waals surface area contributed by atoms with Crippen LogP contribution in [0, 0.1) is 5.53 Å². The molecule has 4 rings (SSSR count). The number of nitrogens with two attached hydrogens (primary N) is 2. The van der Waals surface area contributed by atoms with Gasteiger partial charge in [0.1, 0.15) is 36.0 Å². The first kappa shape index (κ1) is 42.4. The van der Waals surface area contributed by atoms with E-state index >= 15 is 0 Å². The number of anilines is 4. The molecule has 7 N–H and O–H groups in total. The second-order valence-electron chi connectivity index (χ2n) is 8.26. The smallest absolute Gasteiger partial charge is 0.744 e. The van der Waals surface area contributed by atoms with Crippen LogP contribution in [0.5, 0.6) is 0 Å². The molecule has 2 amide bonds. The number of halogens is 1. The summed E-state index contributed by atoms with van der Waals surface area (Å²) in [6.45, 7) is 0. The number of nitrogen functional groups attached to an aromatic ring is 1. The zero-order valence-corrected chi connectivity index (χ0v) is 32.8. The first-order chi connectivity index (χ1) is 19.8. The number of carbonyl (C=O) groups excluding carboxylic acids is 1. The molecule has 0 radical (unpaired) electrons. The average molecular weight is 740 g/mol. The van der Waals surface area contributed by atoms with Gasteiger partial charge in [-0.1, -0.05) is 6.07 Å². The van der Waals surface area contributed by atoms with Gasteiger partial charge in [-0.25, -0.2) is 35.6 Å². The van der Waals surface area contributed by atoms with Crippen LogP contribution in [0.2, 0.25) is 5.28 Å². The molecular weight excluding hydrogens is 727 g/mol. The third-order valence-electron chi connectivity index (χ3n) is 5.48. The molecule has 26 heteroatoms. The van der Waals surface area contributed by atoms with Crippen molar-refractivity contribution in [3.8, 4) is 11.1 Å². The van der Waals surface area contributed by atoms with Gasteiger partial charge in [0.05, 0.1) is 20.4 Å². The maximum atomic E-state index is 12.3. The van der Waals surface area contributed by atoms with Gasteiger partial charge in [-0.3, -0.25) is 0 Å². The number of urea groups is 1. The number of rotatable bonds is 8. The fraction of sp³-hybridized carbons (Fsp3) is 0. The Morgan fingerprint density at radius 3 is 1.93 bits per heavy atom. The molecule has 0 aliphatic heterocycles. The van der Waals surface area contributed by atoms with Gasteiger partial charge < -0.3 is 35.8 Å². The van der Waals surface area contributed by atoms with Gasteiger partial charge in [0.2, 0.25) is 17.2 Å². The number of fused-ring (bicyclic) bond motifs is 1. The van der Waals surface area contributed by atoms with Crippen LogP contribution >= 0.6 is 11.6 Å². The van der Waals surface area contributed by atoms with Crippen molar-refractivity contribution in [1.29, 1.82) is 5.53 Å². The van der Waals surface area contributed by atoms with Crippen LogP contribution < -0.4 is 111 Å². The van der Waals surface area contributed by atoms with Crippen LogP contribution in [-0.4, -0.2) is 59.9 Å². The van der Waals surface area contributed by atoms with Crippen molar-refractivity contribution in [1.82, 2.24) is 15.0 Å². The van der Waals surface area contributed by atoms with Crippen LogP contribution in [-0.2, 0) is 30.4 Å². The molecule has 4 aromatic rings. The molecule has 46 heavy (non-hydrogen) atoms. The Balaban J connectivity index is 0.00000353. The number of nitrogens with one attached hydrogen (secondary N) is 3. The van der Waals surface area contributed by atoms with E-state index in [2.05, 4.69) is 30.7 Å². The average Bonchev–Trinajstić information content (AvgIpc) is 2.84. The minimum atomic E-state index is -5.71. The summed E-state index contributed by atoms with van der Waals surface area (Å²) in [7, 11) is -16.8. The third kappa shape index (κ3) is 9.52. The topological polar surface area (TPSA) is 340 Å². The van der Waals surface area contributed by atoms with Crippen LogP contribution in [0.1, 0.15) is 0 Å². The number of aromatic nitrogens is 3. The van der Waals surface area contributed by atoms with E-state index in [1.807, 2.05) is 0 Å². The summed E-state index contributed by atoms with van der Waals surface area (Å²) in [5.41, 5.74) is 15.6. The van der Waals surface area contributed by atoms with Crippen molar-refractivity contribution in [3.63, 3.8) is 0 Å². The van der Waals surface area contributed by atoms with Gasteiger partial charge in [-0.15, -0.1) is 0 Å². The molecule has 19 nitrogen and oxygen atoms in total. The Hall–Kier alpha value is -1.58. The minimum Gasteiger partial charge on any atom is -0.744 e. The summed E-state index contributed by atoms with van der Waals surface area (Å²) in [4.78, 5) is 19.0. The largest absolute Gasteiger partial charge is 1.00 e. The van der Waals surface area contributed by atoms with Crippen LogP contribution in [0.3, 0.4) is 0 Å². The number of hydrogen-bond acceptors (Lipinski definition) is 17. The molecule has 0 fully saturated rings. The summed E-state index contributed by atoms with van der Waals surface area (Å²) < 4.78 is 109. The second kappa shape index (κ2) is 15.8. The van der Waals surface area contributed by atoms with Crippen molar-refractivity contribution < 1.29 is 132 Å². The van der Waals surface area contributed by atoms with Crippen molar-refractivity contribution in [2.24, 2.45) is 10.8 Å². The molecule has 0 spiro atoms.